The Morgan fingerprint density at radius 1 is 1.64 bits per heavy atom. The van der Waals surface area contributed by atoms with E-state index in [0.29, 0.717) is 0 Å². The lowest BCUT2D eigenvalue weighted by Crippen LogP contribution is -2.19. The minimum Gasteiger partial charge on any atom is -0.234 e. The van der Waals surface area contributed by atoms with Gasteiger partial charge in [-0.2, -0.15) is 4.40 Å². The Labute approximate surface area is 98.4 Å². The fourth-order valence-corrected chi connectivity index (χ4v) is 2.08. The van der Waals surface area contributed by atoms with E-state index in [-0.39, 0.29) is 4.75 Å². The van der Waals surface area contributed by atoms with Gasteiger partial charge in [-0.25, -0.2) is 9.19 Å². The first-order valence-corrected chi connectivity index (χ1v) is 6.74. The first-order chi connectivity index (χ1) is 6.39. The van der Waals surface area contributed by atoms with E-state index in [1.807, 2.05) is 26.2 Å². The minimum atomic E-state index is -1.21. The van der Waals surface area contributed by atoms with Crippen molar-refractivity contribution in [3.05, 3.63) is 15.0 Å². The van der Waals surface area contributed by atoms with Crippen LogP contribution in [0.4, 0.5) is 0 Å². The number of rotatable bonds is 2. The molecule has 3 nitrogen and oxygen atoms in total. The van der Waals surface area contributed by atoms with Crippen LogP contribution < -0.4 is 0 Å². The third-order valence-electron chi connectivity index (χ3n) is 1.30. The molecule has 0 unspecified atom stereocenters. The molecule has 0 aliphatic carbocycles. The molecular weight excluding hydrogens is 284 g/mol. The molecule has 0 amide bonds. The predicted molar refractivity (Wildman–Crippen MR) is 65.3 cm³/mol. The highest BCUT2D eigenvalue weighted by molar-refractivity contribution is 9.11. The highest BCUT2D eigenvalue weighted by Gasteiger charge is 2.18. The summed E-state index contributed by atoms with van der Waals surface area (Å²) >= 11 is 4.73. The van der Waals surface area contributed by atoms with Crippen molar-refractivity contribution in [3.8, 4) is 0 Å². The van der Waals surface area contributed by atoms with Gasteiger partial charge in [-0.1, -0.05) is 0 Å². The number of hydrogen-bond acceptors (Lipinski definition) is 3. The van der Waals surface area contributed by atoms with E-state index < -0.39 is 11.0 Å². The molecule has 0 aliphatic heterocycles. The molecule has 0 N–H and O–H groups in total. The molecule has 1 rings (SSSR count). The lowest BCUT2D eigenvalue weighted by molar-refractivity contribution is 0.651. The van der Waals surface area contributed by atoms with Crippen molar-refractivity contribution in [2.24, 2.45) is 4.40 Å². The van der Waals surface area contributed by atoms with Gasteiger partial charge in [-0.05, 0) is 36.7 Å². The quantitative estimate of drug-likeness (QED) is 0.787. The highest BCUT2D eigenvalue weighted by Crippen LogP contribution is 2.16. The van der Waals surface area contributed by atoms with Crippen LogP contribution in [0.25, 0.3) is 0 Å². The predicted octanol–water partition coefficient (Wildman–Crippen LogP) is 2.79. The SMILES string of the molecule is CC(C)(C)[S@@](=O)/N=C/c1csc(Br)n1. The van der Waals surface area contributed by atoms with E-state index in [4.69, 9.17) is 0 Å². The van der Waals surface area contributed by atoms with E-state index in [0.717, 1.165) is 9.61 Å². The number of thiazole rings is 1. The highest BCUT2D eigenvalue weighted by atomic mass is 79.9. The van der Waals surface area contributed by atoms with E-state index in [9.17, 15) is 4.21 Å². The number of aromatic nitrogens is 1. The van der Waals surface area contributed by atoms with Gasteiger partial charge in [0.2, 0.25) is 0 Å². The topological polar surface area (TPSA) is 42.3 Å². The standard InChI is InChI=1S/C8H11BrN2OS2/c1-8(2,3)14(12)10-4-6-5-13-7(9)11-6/h4-5H,1-3H3/b10-4+/t14-/m1/s1. The van der Waals surface area contributed by atoms with Crippen LogP contribution in [0.1, 0.15) is 26.5 Å². The molecule has 1 heterocycles. The number of halogens is 1. The Kier molecular flexibility index (Phi) is 3.97. The Balaban J connectivity index is 2.70. The Hall–Kier alpha value is -0.0700. The van der Waals surface area contributed by atoms with Crippen LogP contribution in [0.3, 0.4) is 0 Å². The number of hydrogen-bond donors (Lipinski definition) is 0. The van der Waals surface area contributed by atoms with Gasteiger partial charge >= 0.3 is 0 Å². The summed E-state index contributed by atoms with van der Waals surface area (Å²) in [6.45, 7) is 5.66. The van der Waals surface area contributed by atoms with Crippen LogP contribution in [0.2, 0.25) is 0 Å². The molecule has 0 aliphatic rings. The first kappa shape index (κ1) is 12.0. The van der Waals surface area contributed by atoms with Crippen molar-refractivity contribution < 1.29 is 4.21 Å². The van der Waals surface area contributed by atoms with E-state index >= 15 is 0 Å². The monoisotopic (exact) mass is 294 g/mol. The van der Waals surface area contributed by atoms with Gasteiger partial charge in [-0.3, -0.25) is 0 Å². The Morgan fingerprint density at radius 3 is 2.71 bits per heavy atom. The zero-order valence-corrected chi connectivity index (χ0v) is 11.4. The van der Waals surface area contributed by atoms with Crippen LogP contribution >= 0.6 is 27.3 Å². The van der Waals surface area contributed by atoms with Crippen molar-refractivity contribution >= 4 is 44.5 Å². The lowest BCUT2D eigenvalue weighted by Gasteiger charge is -2.12. The molecule has 1 atom stereocenters. The zero-order chi connectivity index (χ0) is 10.8. The lowest BCUT2D eigenvalue weighted by atomic mass is 10.3. The molecule has 0 bridgehead atoms. The van der Waals surface area contributed by atoms with Gasteiger partial charge in [-0.15, -0.1) is 11.3 Å². The zero-order valence-electron chi connectivity index (χ0n) is 8.15. The molecular formula is C8H11BrN2OS2. The largest absolute Gasteiger partial charge is 0.234 e. The second-order valence-corrected chi connectivity index (χ2v) is 7.69. The second kappa shape index (κ2) is 4.63. The molecule has 14 heavy (non-hydrogen) atoms. The fraction of sp³-hybridized carbons (Fsp3) is 0.500. The molecule has 1 aromatic heterocycles. The van der Waals surface area contributed by atoms with Crippen molar-refractivity contribution in [3.63, 3.8) is 0 Å². The summed E-state index contributed by atoms with van der Waals surface area (Å²) < 4.78 is 16.0. The summed E-state index contributed by atoms with van der Waals surface area (Å²) in [5.74, 6) is 0. The van der Waals surface area contributed by atoms with Crippen LogP contribution in [0, 0.1) is 0 Å². The van der Waals surface area contributed by atoms with Crippen LogP contribution in [-0.4, -0.2) is 20.2 Å². The van der Waals surface area contributed by atoms with E-state index in [1.54, 1.807) is 6.21 Å². The van der Waals surface area contributed by atoms with Crippen molar-refractivity contribution in [2.75, 3.05) is 0 Å². The third kappa shape index (κ3) is 3.59. The Morgan fingerprint density at radius 2 is 2.29 bits per heavy atom. The maximum atomic E-state index is 11.5. The van der Waals surface area contributed by atoms with Crippen LogP contribution in [0.15, 0.2) is 13.7 Å². The molecule has 0 spiro atoms. The van der Waals surface area contributed by atoms with Crippen molar-refractivity contribution in [1.82, 2.24) is 4.98 Å². The summed E-state index contributed by atoms with van der Waals surface area (Å²) in [6, 6.07) is 0. The van der Waals surface area contributed by atoms with Crippen LogP contribution in [0.5, 0.6) is 0 Å². The molecule has 0 fully saturated rings. The average Bonchev–Trinajstić information content (AvgIpc) is 2.45. The fourth-order valence-electron chi connectivity index (χ4n) is 0.582. The van der Waals surface area contributed by atoms with Gasteiger partial charge in [0.1, 0.15) is 11.0 Å². The summed E-state index contributed by atoms with van der Waals surface area (Å²) in [5, 5.41) is 1.85. The molecule has 0 aromatic carbocycles. The van der Waals surface area contributed by atoms with Gasteiger partial charge < -0.3 is 0 Å². The van der Waals surface area contributed by atoms with Gasteiger partial charge in [0.25, 0.3) is 0 Å². The maximum absolute atomic E-state index is 11.5. The molecule has 78 valence electrons. The third-order valence-corrected chi connectivity index (χ3v) is 4.03. The molecule has 0 radical (unpaired) electrons. The van der Waals surface area contributed by atoms with Crippen LogP contribution in [-0.2, 0) is 11.0 Å². The smallest absolute Gasteiger partial charge is 0.159 e. The molecule has 6 heteroatoms. The summed E-state index contributed by atoms with van der Waals surface area (Å²) in [6.07, 6.45) is 1.54. The van der Waals surface area contributed by atoms with E-state index in [2.05, 4.69) is 25.3 Å². The molecule has 0 saturated heterocycles. The average molecular weight is 295 g/mol. The van der Waals surface area contributed by atoms with Gasteiger partial charge in [0.05, 0.1) is 16.7 Å². The van der Waals surface area contributed by atoms with Gasteiger partial charge in [0.15, 0.2) is 3.92 Å². The second-order valence-electron chi connectivity index (χ2n) is 3.62. The van der Waals surface area contributed by atoms with Crippen molar-refractivity contribution in [2.45, 2.75) is 25.5 Å². The first-order valence-electron chi connectivity index (χ1n) is 3.96. The summed E-state index contributed by atoms with van der Waals surface area (Å²) in [4.78, 5) is 4.12. The van der Waals surface area contributed by atoms with E-state index in [1.165, 1.54) is 11.3 Å². The molecule has 1 aromatic rings. The minimum absolute atomic E-state index is 0.316. The number of nitrogens with zero attached hydrogens (tertiary/aromatic N) is 2. The Bertz CT molecular complexity index is 368. The maximum Gasteiger partial charge on any atom is 0.159 e. The summed E-state index contributed by atoms with van der Waals surface area (Å²) in [7, 11) is -1.21. The molecule has 0 saturated carbocycles. The van der Waals surface area contributed by atoms with Gasteiger partial charge in [0, 0.05) is 5.38 Å². The van der Waals surface area contributed by atoms with Crippen molar-refractivity contribution in [1.29, 1.82) is 0 Å². The summed E-state index contributed by atoms with van der Waals surface area (Å²) in [5.41, 5.74) is 0.736. The normalized spacial score (nSPS) is 14.9.